The fourth-order valence-electron chi connectivity index (χ4n) is 2.32. The Morgan fingerprint density at radius 3 is 2.50 bits per heavy atom. The molecular weight excluding hydrogens is 224 g/mol. The lowest BCUT2D eigenvalue weighted by Gasteiger charge is -1.96. The molecule has 2 heterocycles. The van der Waals surface area contributed by atoms with Crippen LogP contribution in [0.4, 0.5) is 0 Å². The van der Waals surface area contributed by atoms with Crippen LogP contribution < -0.4 is 0 Å². The van der Waals surface area contributed by atoms with E-state index in [2.05, 4.69) is 18.2 Å². The molecule has 0 aliphatic carbocycles. The second-order valence-corrected chi connectivity index (χ2v) is 4.29. The molecule has 2 heteroatoms. The summed E-state index contributed by atoms with van der Waals surface area (Å²) in [7, 11) is 0. The molecule has 0 saturated carbocycles. The molecule has 0 N–H and O–H groups in total. The summed E-state index contributed by atoms with van der Waals surface area (Å²) in [5.74, 6) is 0.859. The maximum absolute atomic E-state index is 5.85. The van der Waals surface area contributed by atoms with Gasteiger partial charge in [-0.05, 0) is 30.3 Å². The molecule has 0 bridgehead atoms. The molecule has 4 rings (SSSR count). The summed E-state index contributed by atoms with van der Waals surface area (Å²) in [6.45, 7) is 0. The van der Waals surface area contributed by atoms with Gasteiger partial charge in [0.1, 0.15) is 16.9 Å². The molecule has 4 aromatic rings. The van der Waals surface area contributed by atoms with Crippen LogP contribution in [-0.2, 0) is 0 Å². The molecule has 0 amide bonds. The predicted octanol–water partition coefficient (Wildman–Crippen LogP) is 4.85. The quantitative estimate of drug-likeness (QED) is 0.470. The first-order valence-corrected chi connectivity index (χ1v) is 5.87. The highest BCUT2D eigenvalue weighted by Crippen LogP contribution is 2.31. The molecule has 0 aliphatic rings. The number of para-hydroxylation sites is 1. The summed E-state index contributed by atoms with van der Waals surface area (Å²) >= 11 is 0. The average molecular weight is 234 g/mol. The zero-order chi connectivity index (χ0) is 11.9. The number of hydrogen-bond donors (Lipinski definition) is 0. The maximum atomic E-state index is 5.85. The van der Waals surface area contributed by atoms with Crippen molar-refractivity contribution in [2.45, 2.75) is 0 Å². The fourth-order valence-corrected chi connectivity index (χ4v) is 2.32. The van der Waals surface area contributed by atoms with Crippen LogP contribution >= 0.6 is 0 Å². The summed E-state index contributed by atoms with van der Waals surface area (Å²) in [4.78, 5) is 0. The summed E-state index contributed by atoms with van der Waals surface area (Å²) in [5.41, 5.74) is 2.85. The van der Waals surface area contributed by atoms with Gasteiger partial charge >= 0.3 is 0 Å². The smallest absolute Gasteiger partial charge is 0.136 e. The van der Waals surface area contributed by atoms with Gasteiger partial charge < -0.3 is 8.83 Å². The maximum Gasteiger partial charge on any atom is 0.136 e. The molecular formula is C16H10O2. The van der Waals surface area contributed by atoms with E-state index in [9.17, 15) is 0 Å². The van der Waals surface area contributed by atoms with Crippen LogP contribution in [0.1, 0.15) is 0 Å². The zero-order valence-corrected chi connectivity index (χ0v) is 9.59. The molecule has 0 radical (unpaired) electrons. The van der Waals surface area contributed by atoms with E-state index in [0.717, 1.165) is 33.3 Å². The molecule has 2 aromatic carbocycles. The largest absolute Gasteiger partial charge is 0.464 e. The molecule has 0 fully saturated rings. The van der Waals surface area contributed by atoms with Crippen LogP contribution in [0.3, 0.4) is 0 Å². The molecule has 0 spiro atoms. The lowest BCUT2D eigenvalue weighted by atomic mass is 10.1. The lowest BCUT2D eigenvalue weighted by Crippen LogP contribution is -1.72. The standard InChI is InChI=1S/C16H10O2/c1-2-5-15-12(4-1)13-8-7-11(10-16(13)18-15)14-6-3-9-17-14/h1-10H. The second-order valence-electron chi connectivity index (χ2n) is 4.29. The van der Waals surface area contributed by atoms with E-state index >= 15 is 0 Å². The van der Waals surface area contributed by atoms with Gasteiger partial charge in [0.2, 0.25) is 0 Å². The third kappa shape index (κ3) is 1.29. The van der Waals surface area contributed by atoms with Gasteiger partial charge in [-0.2, -0.15) is 0 Å². The Labute approximate surface area is 103 Å². The Hall–Kier alpha value is -2.48. The fraction of sp³-hybridized carbons (Fsp3) is 0. The summed E-state index contributed by atoms with van der Waals surface area (Å²) in [6.07, 6.45) is 1.68. The van der Waals surface area contributed by atoms with Gasteiger partial charge in [-0.1, -0.05) is 24.3 Å². The monoisotopic (exact) mass is 234 g/mol. The lowest BCUT2D eigenvalue weighted by molar-refractivity contribution is 0.582. The van der Waals surface area contributed by atoms with Crippen molar-refractivity contribution in [3.8, 4) is 11.3 Å². The number of hydrogen-bond acceptors (Lipinski definition) is 2. The topological polar surface area (TPSA) is 26.3 Å². The van der Waals surface area contributed by atoms with E-state index in [-0.39, 0.29) is 0 Å². The first-order chi connectivity index (χ1) is 8.92. The van der Waals surface area contributed by atoms with Gasteiger partial charge in [0.25, 0.3) is 0 Å². The van der Waals surface area contributed by atoms with Crippen molar-refractivity contribution in [2.24, 2.45) is 0 Å². The van der Waals surface area contributed by atoms with E-state index in [1.54, 1.807) is 6.26 Å². The third-order valence-electron chi connectivity index (χ3n) is 3.18. The van der Waals surface area contributed by atoms with Crippen molar-refractivity contribution in [3.63, 3.8) is 0 Å². The number of benzene rings is 2. The molecule has 2 aromatic heterocycles. The van der Waals surface area contributed by atoms with Crippen molar-refractivity contribution >= 4 is 21.9 Å². The Balaban J connectivity index is 2.04. The van der Waals surface area contributed by atoms with Gasteiger partial charge in [0, 0.05) is 16.3 Å². The molecule has 0 unspecified atom stereocenters. The van der Waals surface area contributed by atoms with Crippen LogP contribution in [0.5, 0.6) is 0 Å². The normalized spacial score (nSPS) is 11.3. The Morgan fingerprint density at radius 1 is 0.722 bits per heavy atom. The zero-order valence-electron chi connectivity index (χ0n) is 9.59. The first-order valence-electron chi connectivity index (χ1n) is 5.87. The van der Waals surface area contributed by atoms with Crippen molar-refractivity contribution in [3.05, 3.63) is 60.9 Å². The summed E-state index contributed by atoms with van der Waals surface area (Å²) in [6, 6.07) is 18.1. The highest BCUT2D eigenvalue weighted by atomic mass is 16.3. The minimum absolute atomic E-state index is 0.859. The second kappa shape index (κ2) is 3.50. The van der Waals surface area contributed by atoms with Crippen molar-refractivity contribution in [2.75, 3.05) is 0 Å². The van der Waals surface area contributed by atoms with Crippen LogP contribution in [0.15, 0.2) is 69.7 Å². The van der Waals surface area contributed by atoms with Crippen molar-refractivity contribution in [1.82, 2.24) is 0 Å². The number of fused-ring (bicyclic) bond motifs is 3. The highest BCUT2D eigenvalue weighted by Gasteiger charge is 2.08. The average Bonchev–Trinajstić information content (AvgIpc) is 3.05. The van der Waals surface area contributed by atoms with E-state index < -0.39 is 0 Å². The molecule has 0 aliphatic heterocycles. The van der Waals surface area contributed by atoms with E-state index in [1.165, 1.54) is 0 Å². The van der Waals surface area contributed by atoms with Crippen molar-refractivity contribution < 1.29 is 8.83 Å². The summed E-state index contributed by atoms with van der Waals surface area (Å²) < 4.78 is 11.3. The summed E-state index contributed by atoms with van der Waals surface area (Å²) in [5, 5.41) is 2.29. The molecule has 0 atom stereocenters. The van der Waals surface area contributed by atoms with Crippen LogP contribution in [0.25, 0.3) is 33.3 Å². The predicted molar refractivity (Wildman–Crippen MR) is 71.4 cm³/mol. The van der Waals surface area contributed by atoms with E-state index in [4.69, 9.17) is 8.83 Å². The van der Waals surface area contributed by atoms with Gasteiger partial charge in [0.15, 0.2) is 0 Å². The van der Waals surface area contributed by atoms with Crippen molar-refractivity contribution in [1.29, 1.82) is 0 Å². The molecule has 86 valence electrons. The Bertz CT molecular complexity index is 823. The van der Waals surface area contributed by atoms with Gasteiger partial charge in [0.05, 0.1) is 6.26 Å². The number of rotatable bonds is 1. The minimum Gasteiger partial charge on any atom is -0.464 e. The Morgan fingerprint density at radius 2 is 1.61 bits per heavy atom. The van der Waals surface area contributed by atoms with Crippen LogP contribution in [0, 0.1) is 0 Å². The van der Waals surface area contributed by atoms with E-state index in [1.807, 2.05) is 36.4 Å². The van der Waals surface area contributed by atoms with E-state index in [0.29, 0.717) is 0 Å². The van der Waals surface area contributed by atoms with Gasteiger partial charge in [-0.25, -0.2) is 0 Å². The SMILES string of the molecule is c1coc(-c2ccc3c(c2)oc2ccccc23)c1. The minimum atomic E-state index is 0.859. The highest BCUT2D eigenvalue weighted by molar-refractivity contribution is 6.05. The molecule has 18 heavy (non-hydrogen) atoms. The van der Waals surface area contributed by atoms with Crippen LogP contribution in [0.2, 0.25) is 0 Å². The molecule has 0 saturated heterocycles. The van der Waals surface area contributed by atoms with Gasteiger partial charge in [-0.15, -0.1) is 0 Å². The molecule has 2 nitrogen and oxygen atoms in total. The van der Waals surface area contributed by atoms with Crippen LogP contribution in [-0.4, -0.2) is 0 Å². The van der Waals surface area contributed by atoms with Gasteiger partial charge in [-0.3, -0.25) is 0 Å². The number of furan rings is 2. The third-order valence-corrected chi connectivity index (χ3v) is 3.18. The Kier molecular flexibility index (Phi) is 1.86. The first kappa shape index (κ1) is 9.54.